The quantitative estimate of drug-likeness (QED) is 0.750. The Bertz CT molecular complexity index is 442. The Morgan fingerprint density at radius 1 is 1.23 bits per heavy atom. The largest absolute Gasteiger partial charge is 0.250 e. The van der Waals surface area contributed by atoms with E-state index in [0.29, 0.717) is 5.69 Å². The van der Waals surface area contributed by atoms with Gasteiger partial charge in [0.25, 0.3) is 0 Å². The summed E-state index contributed by atoms with van der Waals surface area (Å²) in [5.74, 6) is 0. The van der Waals surface area contributed by atoms with Gasteiger partial charge in [-0.3, -0.25) is 4.98 Å². The molecule has 0 unspecified atom stereocenters. The van der Waals surface area contributed by atoms with Crippen LogP contribution in [0, 0.1) is 0 Å². The molecule has 0 saturated heterocycles. The lowest BCUT2D eigenvalue weighted by Crippen LogP contribution is -1.87. The molecule has 2 rings (SSSR count). The first-order chi connectivity index (χ1) is 6.29. The molecule has 0 bridgehead atoms. The second-order valence-electron chi connectivity index (χ2n) is 2.78. The maximum Gasteiger partial charge on any atom is 0.124 e. The molecule has 0 atom stereocenters. The van der Waals surface area contributed by atoms with E-state index in [1.165, 1.54) is 0 Å². The number of pyridine rings is 1. The summed E-state index contributed by atoms with van der Waals surface area (Å²) in [5.41, 5.74) is 1.46. The fourth-order valence-corrected chi connectivity index (χ4v) is 1.60. The average Bonchev–Trinajstić information content (AvgIpc) is 2.17. The lowest BCUT2D eigenvalue weighted by Gasteiger charge is -1.99. The normalized spacial score (nSPS) is 10.6. The van der Waals surface area contributed by atoms with Gasteiger partial charge in [0.2, 0.25) is 0 Å². The zero-order valence-corrected chi connectivity index (χ0v) is 8.41. The highest BCUT2D eigenvalue weighted by Crippen LogP contribution is 2.18. The summed E-state index contributed by atoms with van der Waals surface area (Å²) < 4.78 is 1.02. The molecule has 0 N–H and O–H groups in total. The number of fused-ring (bicyclic) bond motifs is 1. The molecule has 2 nitrogen and oxygen atoms in total. The first kappa shape index (κ1) is 8.66. The summed E-state index contributed by atoms with van der Waals surface area (Å²) in [6.45, 7) is -0.258. The van der Waals surface area contributed by atoms with Gasteiger partial charge in [-0.1, -0.05) is 22.0 Å². The minimum absolute atomic E-state index is 0.258. The van der Waals surface area contributed by atoms with Crippen molar-refractivity contribution >= 4 is 26.8 Å². The van der Waals surface area contributed by atoms with Gasteiger partial charge in [-0.15, -0.1) is 0 Å². The van der Waals surface area contributed by atoms with E-state index < -0.39 is 0 Å². The molecule has 2 aromatic rings. The van der Waals surface area contributed by atoms with Crippen LogP contribution in [0.5, 0.6) is 0 Å². The van der Waals surface area contributed by atoms with Crippen molar-refractivity contribution in [3.63, 3.8) is 0 Å². The van der Waals surface area contributed by atoms with Crippen LogP contribution >= 0.6 is 15.9 Å². The lowest BCUT2D eigenvalue weighted by molar-refractivity contribution is 0.174. The van der Waals surface area contributed by atoms with Crippen molar-refractivity contribution in [3.8, 4) is 0 Å². The third kappa shape index (κ3) is 1.71. The van der Waals surface area contributed by atoms with Crippen molar-refractivity contribution in [2.75, 3.05) is 0 Å². The Kier molecular flexibility index (Phi) is 2.29. The second-order valence-corrected chi connectivity index (χ2v) is 3.70. The van der Waals surface area contributed by atoms with E-state index in [-0.39, 0.29) is 6.61 Å². The molecule has 0 aliphatic heterocycles. The van der Waals surface area contributed by atoms with E-state index in [4.69, 9.17) is 0 Å². The van der Waals surface area contributed by atoms with E-state index in [1.54, 1.807) is 6.07 Å². The van der Waals surface area contributed by atoms with Crippen molar-refractivity contribution in [3.05, 3.63) is 40.5 Å². The van der Waals surface area contributed by atoms with E-state index in [2.05, 4.69) is 20.9 Å². The number of nitrogens with zero attached hydrogens (tertiary/aromatic N) is 1. The van der Waals surface area contributed by atoms with Gasteiger partial charge in [0.05, 0.1) is 11.2 Å². The maximum atomic E-state index is 10.6. The molecule has 0 aliphatic rings. The minimum Gasteiger partial charge on any atom is -0.250 e. The molecule has 0 fully saturated rings. The van der Waals surface area contributed by atoms with E-state index in [9.17, 15) is 5.11 Å². The number of halogens is 1. The highest BCUT2D eigenvalue weighted by atomic mass is 79.9. The summed E-state index contributed by atoms with van der Waals surface area (Å²) in [6.07, 6.45) is 0. The first-order valence-corrected chi connectivity index (χ1v) is 4.72. The summed E-state index contributed by atoms with van der Waals surface area (Å²) >= 11 is 3.38. The number of aromatic nitrogens is 1. The van der Waals surface area contributed by atoms with Gasteiger partial charge in [0, 0.05) is 9.86 Å². The molecule has 0 amide bonds. The van der Waals surface area contributed by atoms with Crippen molar-refractivity contribution in [1.82, 2.24) is 4.98 Å². The molecule has 13 heavy (non-hydrogen) atoms. The third-order valence-corrected chi connectivity index (χ3v) is 2.35. The fraction of sp³-hybridized carbons (Fsp3) is 0.100. The molecule has 0 spiro atoms. The number of hydrogen-bond acceptors (Lipinski definition) is 1. The van der Waals surface area contributed by atoms with E-state index in [1.807, 2.05) is 24.3 Å². The Balaban J connectivity index is 2.66. The monoisotopic (exact) mass is 236 g/mol. The Morgan fingerprint density at radius 2 is 2.08 bits per heavy atom. The van der Waals surface area contributed by atoms with Crippen LogP contribution in [-0.2, 0) is 11.7 Å². The van der Waals surface area contributed by atoms with E-state index in [0.717, 1.165) is 15.4 Å². The average molecular weight is 237 g/mol. The first-order valence-electron chi connectivity index (χ1n) is 3.93. The van der Waals surface area contributed by atoms with Crippen molar-refractivity contribution in [2.24, 2.45) is 0 Å². The molecule has 1 heterocycles. The van der Waals surface area contributed by atoms with Gasteiger partial charge in [0.15, 0.2) is 0 Å². The second kappa shape index (κ2) is 3.44. The Labute approximate surface area is 84.4 Å². The van der Waals surface area contributed by atoms with Crippen LogP contribution in [0.15, 0.2) is 34.8 Å². The van der Waals surface area contributed by atoms with Crippen LogP contribution in [0.1, 0.15) is 5.69 Å². The van der Waals surface area contributed by atoms with E-state index >= 15 is 0 Å². The molecular weight excluding hydrogens is 230 g/mol. The summed E-state index contributed by atoms with van der Waals surface area (Å²) in [6, 6.07) is 9.49. The van der Waals surface area contributed by atoms with Crippen LogP contribution in [0.25, 0.3) is 10.9 Å². The molecule has 0 aliphatic carbocycles. The standard InChI is InChI=1S/C10H7BrNO/c11-8-2-4-10-7(5-8)1-3-9(6-13)12-10/h1-5H,6H2. The summed E-state index contributed by atoms with van der Waals surface area (Å²) in [4.78, 5) is 4.20. The molecule has 65 valence electrons. The molecule has 1 aromatic heterocycles. The molecule has 3 heteroatoms. The van der Waals surface area contributed by atoms with Gasteiger partial charge in [0.1, 0.15) is 6.61 Å². The van der Waals surface area contributed by atoms with Gasteiger partial charge in [-0.25, -0.2) is 5.11 Å². The Hall–Kier alpha value is -0.930. The molecule has 1 aromatic carbocycles. The smallest absolute Gasteiger partial charge is 0.124 e. The number of rotatable bonds is 1. The van der Waals surface area contributed by atoms with Gasteiger partial charge in [-0.05, 0) is 24.3 Å². The Morgan fingerprint density at radius 3 is 2.85 bits per heavy atom. The third-order valence-electron chi connectivity index (χ3n) is 1.86. The van der Waals surface area contributed by atoms with Crippen LogP contribution in [0.2, 0.25) is 0 Å². The topological polar surface area (TPSA) is 32.8 Å². The fourth-order valence-electron chi connectivity index (χ4n) is 1.22. The van der Waals surface area contributed by atoms with Gasteiger partial charge >= 0.3 is 0 Å². The van der Waals surface area contributed by atoms with Crippen molar-refractivity contribution < 1.29 is 5.11 Å². The van der Waals surface area contributed by atoms with Crippen LogP contribution in [-0.4, -0.2) is 4.98 Å². The summed E-state index contributed by atoms with van der Waals surface area (Å²) in [7, 11) is 0. The number of benzene rings is 1. The van der Waals surface area contributed by atoms with Gasteiger partial charge in [-0.2, -0.15) is 0 Å². The maximum absolute atomic E-state index is 10.6. The predicted molar refractivity (Wildman–Crippen MR) is 53.8 cm³/mol. The predicted octanol–water partition coefficient (Wildman–Crippen LogP) is 2.93. The van der Waals surface area contributed by atoms with Crippen molar-refractivity contribution in [2.45, 2.75) is 6.61 Å². The van der Waals surface area contributed by atoms with Crippen molar-refractivity contribution in [1.29, 1.82) is 0 Å². The SMILES string of the molecule is [O]Cc1ccc2cc(Br)ccc2n1. The summed E-state index contributed by atoms with van der Waals surface area (Å²) in [5, 5.41) is 11.6. The zero-order chi connectivity index (χ0) is 9.26. The van der Waals surface area contributed by atoms with Crippen LogP contribution < -0.4 is 0 Å². The molecule has 1 radical (unpaired) electrons. The lowest BCUT2D eigenvalue weighted by atomic mass is 10.2. The molecular formula is C10H7BrNO. The highest BCUT2D eigenvalue weighted by molar-refractivity contribution is 9.10. The molecule has 0 saturated carbocycles. The van der Waals surface area contributed by atoms with Gasteiger partial charge < -0.3 is 0 Å². The van der Waals surface area contributed by atoms with Crippen LogP contribution in [0.4, 0.5) is 0 Å². The number of hydrogen-bond donors (Lipinski definition) is 0. The van der Waals surface area contributed by atoms with Crippen LogP contribution in [0.3, 0.4) is 0 Å². The highest BCUT2D eigenvalue weighted by Gasteiger charge is 1.97. The minimum atomic E-state index is -0.258. The zero-order valence-electron chi connectivity index (χ0n) is 6.83.